The van der Waals surface area contributed by atoms with Gasteiger partial charge in [-0.3, -0.25) is 9.48 Å². The summed E-state index contributed by atoms with van der Waals surface area (Å²) in [4.78, 5) is 15.7. The number of hydrogen-bond donors (Lipinski definition) is 1. The zero-order valence-electron chi connectivity index (χ0n) is 9.08. The molecule has 16 heavy (non-hydrogen) atoms. The van der Waals surface area contributed by atoms with Crippen molar-refractivity contribution in [3.05, 3.63) is 34.8 Å². The van der Waals surface area contributed by atoms with Crippen molar-refractivity contribution in [2.45, 2.75) is 6.54 Å². The van der Waals surface area contributed by atoms with E-state index in [1.54, 1.807) is 25.0 Å². The van der Waals surface area contributed by atoms with Gasteiger partial charge < -0.3 is 5.32 Å². The van der Waals surface area contributed by atoms with E-state index in [1.807, 2.05) is 0 Å². The van der Waals surface area contributed by atoms with Gasteiger partial charge in [0, 0.05) is 20.2 Å². The van der Waals surface area contributed by atoms with Crippen molar-refractivity contribution >= 4 is 5.69 Å². The Hall–Kier alpha value is -2.18. The van der Waals surface area contributed by atoms with Crippen molar-refractivity contribution in [1.29, 1.82) is 0 Å². The zero-order chi connectivity index (χ0) is 11.5. The van der Waals surface area contributed by atoms with Crippen LogP contribution in [0.1, 0.15) is 5.82 Å². The highest BCUT2D eigenvalue weighted by Gasteiger charge is 2.04. The Morgan fingerprint density at radius 1 is 1.44 bits per heavy atom. The Balaban J connectivity index is 2.29. The summed E-state index contributed by atoms with van der Waals surface area (Å²) in [5.74, 6) is 0.687. The van der Waals surface area contributed by atoms with Gasteiger partial charge in [0.25, 0.3) is 5.56 Å². The molecule has 1 N–H and O–H groups in total. The van der Waals surface area contributed by atoms with Crippen LogP contribution in [0.15, 0.2) is 23.4 Å². The Labute approximate surface area is 91.7 Å². The number of aromatic nitrogens is 5. The molecule has 0 saturated heterocycles. The molecule has 7 nitrogen and oxygen atoms in total. The lowest BCUT2D eigenvalue weighted by atomic mass is 10.4. The second-order valence-electron chi connectivity index (χ2n) is 3.29. The van der Waals surface area contributed by atoms with Crippen LogP contribution in [0.25, 0.3) is 0 Å². The van der Waals surface area contributed by atoms with E-state index in [4.69, 9.17) is 0 Å². The lowest BCUT2D eigenvalue weighted by Gasteiger charge is -2.04. The summed E-state index contributed by atoms with van der Waals surface area (Å²) in [7, 11) is 3.51. The van der Waals surface area contributed by atoms with Crippen LogP contribution in [0.5, 0.6) is 0 Å². The number of anilines is 1. The third kappa shape index (κ3) is 1.92. The number of aryl methyl sites for hydroxylation is 1. The van der Waals surface area contributed by atoms with Crippen LogP contribution in [-0.4, -0.2) is 31.6 Å². The molecule has 0 bridgehead atoms. The minimum absolute atomic E-state index is 0.171. The van der Waals surface area contributed by atoms with Gasteiger partial charge in [0.1, 0.15) is 18.7 Å². The molecule has 2 aromatic heterocycles. The summed E-state index contributed by atoms with van der Waals surface area (Å²) < 4.78 is 2.95. The van der Waals surface area contributed by atoms with E-state index >= 15 is 0 Å². The Morgan fingerprint density at radius 2 is 2.25 bits per heavy atom. The molecule has 2 aromatic rings. The third-order valence-corrected chi connectivity index (χ3v) is 2.25. The van der Waals surface area contributed by atoms with Crippen molar-refractivity contribution in [2.75, 3.05) is 12.4 Å². The zero-order valence-corrected chi connectivity index (χ0v) is 9.08. The first-order chi connectivity index (χ1) is 7.70. The van der Waals surface area contributed by atoms with E-state index < -0.39 is 0 Å². The van der Waals surface area contributed by atoms with E-state index in [9.17, 15) is 4.79 Å². The van der Waals surface area contributed by atoms with Gasteiger partial charge in [0.05, 0.1) is 11.9 Å². The number of rotatable bonds is 3. The molecule has 0 amide bonds. The van der Waals surface area contributed by atoms with Crippen LogP contribution in [0, 0.1) is 0 Å². The van der Waals surface area contributed by atoms with Crippen molar-refractivity contribution in [2.24, 2.45) is 7.05 Å². The molecule has 0 radical (unpaired) electrons. The lowest BCUT2D eigenvalue weighted by molar-refractivity contribution is 0.581. The number of nitrogens with zero attached hydrogens (tertiary/aromatic N) is 5. The lowest BCUT2D eigenvalue weighted by Crippen LogP contribution is -2.24. The van der Waals surface area contributed by atoms with Crippen molar-refractivity contribution in [1.82, 2.24) is 24.5 Å². The first-order valence-corrected chi connectivity index (χ1v) is 4.78. The summed E-state index contributed by atoms with van der Waals surface area (Å²) in [6.45, 7) is 0.319. The van der Waals surface area contributed by atoms with Gasteiger partial charge in [-0.15, -0.1) is 0 Å². The highest BCUT2D eigenvalue weighted by molar-refractivity contribution is 5.37. The molecule has 0 aliphatic rings. The Kier molecular flexibility index (Phi) is 2.67. The molecule has 0 saturated carbocycles. The summed E-state index contributed by atoms with van der Waals surface area (Å²) in [5, 5.41) is 10.8. The fraction of sp³-hybridized carbons (Fsp3) is 0.333. The maximum atomic E-state index is 11.6. The minimum atomic E-state index is -0.171. The molecule has 0 atom stereocenters. The average molecular weight is 220 g/mol. The molecule has 0 spiro atoms. The van der Waals surface area contributed by atoms with Crippen LogP contribution in [0.2, 0.25) is 0 Å². The van der Waals surface area contributed by atoms with Crippen molar-refractivity contribution in [3.63, 3.8) is 0 Å². The van der Waals surface area contributed by atoms with Gasteiger partial charge in [-0.1, -0.05) is 0 Å². The standard InChI is InChI=1S/C9H12N6O/c1-10-7-3-9(16)15(12-4-7)5-8-11-6-13-14(8)2/h3-4,6,10H,5H2,1-2H3. The predicted octanol–water partition coefficient (Wildman–Crippen LogP) is -0.538. The fourth-order valence-corrected chi connectivity index (χ4v) is 1.29. The summed E-state index contributed by atoms with van der Waals surface area (Å²) in [5.41, 5.74) is 0.522. The summed E-state index contributed by atoms with van der Waals surface area (Å²) >= 11 is 0. The van der Waals surface area contributed by atoms with Crippen LogP contribution in [0.4, 0.5) is 5.69 Å². The molecule has 0 fully saturated rings. The Bertz CT molecular complexity index is 543. The van der Waals surface area contributed by atoms with E-state index in [2.05, 4.69) is 20.5 Å². The third-order valence-electron chi connectivity index (χ3n) is 2.25. The highest BCUT2D eigenvalue weighted by atomic mass is 16.1. The van der Waals surface area contributed by atoms with Gasteiger partial charge in [-0.05, 0) is 0 Å². The maximum Gasteiger partial charge on any atom is 0.269 e. The van der Waals surface area contributed by atoms with E-state index in [-0.39, 0.29) is 5.56 Å². The van der Waals surface area contributed by atoms with Crippen LogP contribution in [-0.2, 0) is 13.6 Å². The van der Waals surface area contributed by atoms with Crippen LogP contribution >= 0.6 is 0 Å². The largest absolute Gasteiger partial charge is 0.387 e. The van der Waals surface area contributed by atoms with Gasteiger partial charge >= 0.3 is 0 Å². The molecule has 0 aliphatic carbocycles. The molecule has 84 valence electrons. The average Bonchev–Trinajstić information content (AvgIpc) is 2.67. The predicted molar refractivity (Wildman–Crippen MR) is 58.1 cm³/mol. The normalized spacial score (nSPS) is 10.4. The van der Waals surface area contributed by atoms with Gasteiger partial charge in [0.2, 0.25) is 0 Å². The van der Waals surface area contributed by atoms with E-state index in [0.717, 1.165) is 0 Å². The molecule has 0 aromatic carbocycles. The smallest absolute Gasteiger partial charge is 0.269 e. The molecule has 0 unspecified atom stereocenters. The highest BCUT2D eigenvalue weighted by Crippen LogP contribution is 1.98. The molecular weight excluding hydrogens is 208 g/mol. The van der Waals surface area contributed by atoms with Crippen LogP contribution < -0.4 is 10.9 Å². The van der Waals surface area contributed by atoms with Gasteiger partial charge in [0.15, 0.2) is 0 Å². The molecular formula is C9H12N6O. The SMILES string of the molecule is CNc1cnn(Cc2ncnn2C)c(=O)c1. The maximum absolute atomic E-state index is 11.6. The van der Waals surface area contributed by atoms with E-state index in [0.29, 0.717) is 18.1 Å². The number of hydrogen-bond acceptors (Lipinski definition) is 5. The van der Waals surface area contributed by atoms with Crippen LogP contribution in [0.3, 0.4) is 0 Å². The first-order valence-electron chi connectivity index (χ1n) is 4.78. The molecule has 2 heterocycles. The van der Waals surface area contributed by atoms with Gasteiger partial charge in [-0.25, -0.2) is 9.67 Å². The molecule has 0 aliphatic heterocycles. The second kappa shape index (κ2) is 4.13. The monoisotopic (exact) mass is 220 g/mol. The second-order valence-corrected chi connectivity index (χ2v) is 3.29. The Morgan fingerprint density at radius 3 is 2.81 bits per heavy atom. The minimum Gasteiger partial charge on any atom is -0.387 e. The fourth-order valence-electron chi connectivity index (χ4n) is 1.29. The summed E-state index contributed by atoms with van der Waals surface area (Å²) in [6.07, 6.45) is 3.04. The quantitative estimate of drug-likeness (QED) is 0.751. The topological polar surface area (TPSA) is 77.6 Å². The van der Waals surface area contributed by atoms with Crippen molar-refractivity contribution < 1.29 is 0 Å². The summed E-state index contributed by atoms with van der Waals surface area (Å²) in [6, 6.07) is 1.49. The molecule has 7 heteroatoms. The van der Waals surface area contributed by atoms with Crippen molar-refractivity contribution in [3.8, 4) is 0 Å². The molecule has 2 rings (SSSR count). The van der Waals surface area contributed by atoms with Gasteiger partial charge in [-0.2, -0.15) is 10.2 Å². The van der Waals surface area contributed by atoms with E-state index in [1.165, 1.54) is 17.1 Å². The first kappa shape index (κ1) is 10.3. The number of nitrogens with one attached hydrogen (secondary N) is 1.